The SMILES string of the molecule is CC1CCC(=NNC(=O)COc2cc(Cl)c(Cl)cc2Cl)CC1. The summed E-state index contributed by atoms with van der Waals surface area (Å²) in [4.78, 5) is 11.7. The van der Waals surface area contributed by atoms with Crippen LogP contribution in [0, 0.1) is 5.92 Å². The van der Waals surface area contributed by atoms with Gasteiger partial charge in [-0.3, -0.25) is 4.79 Å². The summed E-state index contributed by atoms with van der Waals surface area (Å²) in [6, 6.07) is 2.95. The number of carbonyl (C=O) groups excluding carboxylic acids is 1. The van der Waals surface area contributed by atoms with Crippen LogP contribution in [0.25, 0.3) is 0 Å². The Morgan fingerprint density at radius 3 is 2.55 bits per heavy atom. The molecule has 4 nitrogen and oxygen atoms in total. The zero-order valence-electron chi connectivity index (χ0n) is 12.2. The van der Waals surface area contributed by atoms with Gasteiger partial charge in [0, 0.05) is 11.8 Å². The Bertz CT molecular complexity index is 580. The molecule has 120 valence electrons. The van der Waals surface area contributed by atoms with Gasteiger partial charge < -0.3 is 4.74 Å². The summed E-state index contributed by atoms with van der Waals surface area (Å²) in [7, 11) is 0. The molecule has 1 fully saturated rings. The number of hydrazone groups is 1. The van der Waals surface area contributed by atoms with E-state index in [-0.39, 0.29) is 12.5 Å². The molecule has 1 aromatic carbocycles. The topological polar surface area (TPSA) is 50.7 Å². The number of rotatable bonds is 4. The van der Waals surface area contributed by atoms with Gasteiger partial charge in [0.05, 0.1) is 15.1 Å². The van der Waals surface area contributed by atoms with Crippen LogP contribution in [-0.4, -0.2) is 18.2 Å². The molecule has 0 heterocycles. The summed E-state index contributed by atoms with van der Waals surface area (Å²) in [5, 5.41) is 5.09. The largest absolute Gasteiger partial charge is 0.482 e. The maximum absolute atomic E-state index is 11.7. The normalized spacial score (nSPS) is 18.0. The zero-order valence-corrected chi connectivity index (χ0v) is 14.4. The van der Waals surface area contributed by atoms with E-state index in [4.69, 9.17) is 39.5 Å². The minimum Gasteiger partial charge on any atom is -0.482 e. The van der Waals surface area contributed by atoms with Crippen molar-refractivity contribution >= 4 is 46.4 Å². The number of nitrogens with zero attached hydrogens (tertiary/aromatic N) is 1. The fraction of sp³-hybridized carbons (Fsp3) is 0.467. The standard InChI is InChI=1S/C15H17Cl3N2O2/c1-9-2-4-10(5-3-9)19-20-15(21)8-22-14-7-12(17)11(16)6-13(14)18/h6-7,9H,2-5,8H2,1H3,(H,20,21). The average molecular weight is 364 g/mol. The zero-order chi connectivity index (χ0) is 16.1. The van der Waals surface area contributed by atoms with Gasteiger partial charge in [0.25, 0.3) is 5.91 Å². The summed E-state index contributed by atoms with van der Waals surface area (Å²) in [6.07, 6.45) is 4.09. The first kappa shape index (κ1) is 17.4. The fourth-order valence-corrected chi connectivity index (χ4v) is 2.73. The molecule has 0 radical (unpaired) electrons. The van der Waals surface area contributed by atoms with Crippen molar-refractivity contribution in [2.45, 2.75) is 32.6 Å². The molecule has 1 aliphatic rings. The highest BCUT2D eigenvalue weighted by molar-refractivity contribution is 6.43. The third-order valence-corrected chi connectivity index (χ3v) is 4.54. The van der Waals surface area contributed by atoms with Crippen LogP contribution in [0.1, 0.15) is 32.6 Å². The third kappa shape index (κ3) is 5.04. The van der Waals surface area contributed by atoms with Gasteiger partial charge in [0.2, 0.25) is 0 Å². The lowest BCUT2D eigenvalue weighted by Crippen LogP contribution is -2.26. The van der Waals surface area contributed by atoms with E-state index < -0.39 is 0 Å². The van der Waals surface area contributed by atoms with Gasteiger partial charge in [0.1, 0.15) is 5.75 Å². The minimum absolute atomic E-state index is 0.190. The van der Waals surface area contributed by atoms with E-state index in [0.29, 0.717) is 20.8 Å². The molecule has 22 heavy (non-hydrogen) atoms. The molecule has 0 aliphatic heterocycles. The predicted octanol–water partition coefficient (Wildman–Crippen LogP) is 4.71. The first-order valence-electron chi connectivity index (χ1n) is 7.07. The van der Waals surface area contributed by atoms with Crippen molar-refractivity contribution in [2.24, 2.45) is 11.0 Å². The Balaban J connectivity index is 1.83. The highest BCUT2D eigenvalue weighted by Gasteiger charge is 2.14. The quantitative estimate of drug-likeness (QED) is 0.622. The number of benzene rings is 1. The molecule has 0 unspecified atom stereocenters. The Labute approximate surface area is 144 Å². The summed E-state index contributed by atoms with van der Waals surface area (Å²) >= 11 is 17.7. The molecule has 0 aromatic heterocycles. The molecule has 1 amide bonds. The van der Waals surface area contributed by atoms with Crippen molar-refractivity contribution in [3.05, 3.63) is 27.2 Å². The molecule has 7 heteroatoms. The number of ether oxygens (including phenoxy) is 1. The first-order chi connectivity index (χ1) is 10.5. The monoisotopic (exact) mass is 362 g/mol. The van der Waals surface area contributed by atoms with Gasteiger partial charge in [-0.1, -0.05) is 41.7 Å². The van der Waals surface area contributed by atoms with Gasteiger partial charge in [-0.2, -0.15) is 5.10 Å². The van der Waals surface area contributed by atoms with Crippen LogP contribution in [0.4, 0.5) is 0 Å². The molecule has 2 rings (SSSR count). The van der Waals surface area contributed by atoms with Gasteiger partial charge in [-0.15, -0.1) is 0 Å². The molecule has 1 aromatic rings. The second-order valence-corrected chi connectivity index (χ2v) is 6.60. The maximum atomic E-state index is 11.7. The summed E-state index contributed by atoms with van der Waals surface area (Å²) in [5.74, 6) is 0.702. The van der Waals surface area contributed by atoms with E-state index in [1.54, 1.807) is 0 Å². The van der Waals surface area contributed by atoms with Crippen molar-refractivity contribution < 1.29 is 9.53 Å². The third-order valence-electron chi connectivity index (χ3n) is 3.52. The Kier molecular flexibility index (Phi) is 6.36. The number of hydrogen-bond acceptors (Lipinski definition) is 3. The van der Waals surface area contributed by atoms with Crippen molar-refractivity contribution in [2.75, 3.05) is 6.61 Å². The second-order valence-electron chi connectivity index (χ2n) is 5.38. The van der Waals surface area contributed by atoms with Gasteiger partial charge in [-0.05, 0) is 37.7 Å². The van der Waals surface area contributed by atoms with Crippen molar-refractivity contribution in [3.63, 3.8) is 0 Å². The van der Waals surface area contributed by atoms with Crippen LogP contribution in [-0.2, 0) is 4.79 Å². The lowest BCUT2D eigenvalue weighted by Gasteiger charge is -2.18. The van der Waals surface area contributed by atoms with Gasteiger partial charge >= 0.3 is 0 Å². The van der Waals surface area contributed by atoms with E-state index in [9.17, 15) is 4.79 Å². The van der Waals surface area contributed by atoms with Gasteiger partial charge in [-0.25, -0.2) is 5.43 Å². The molecule has 0 atom stereocenters. The molecule has 0 saturated heterocycles. The van der Waals surface area contributed by atoms with Crippen LogP contribution in [0.5, 0.6) is 5.75 Å². The molecular formula is C15H17Cl3N2O2. The highest BCUT2D eigenvalue weighted by atomic mass is 35.5. The molecule has 0 spiro atoms. The number of amides is 1. The Morgan fingerprint density at radius 2 is 1.86 bits per heavy atom. The molecular weight excluding hydrogens is 347 g/mol. The van der Waals surface area contributed by atoms with E-state index in [2.05, 4.69) is 17.5 Å². The highest BCUT2D eigenvalue weighted by Crippen LogP contribution is 2.33. The average Bonchev–Trinajstić information content (AvgIpc) is 2.49. The maximum Gasteiger partial charge on any atom is 0.277 e. The lowest BCUT2D eigenvalue weighted by molar-refractivity contribution is -0.123. The lowest BCUT2D eigenvalue weighted by atomic mass is 9.90. The number of nitrogens with one attached hydrogen (secondary N) is 1. The Morgan fingerprint density at radius 1 is 1.23 bits per heavy atom. The molecule has 1 aliphatic carbocycles. The number of carbonyl (C=O) groups is 1. The van der Waals surface area contributed by atoms with Crippen LogP contribution in [0.2, 0.25) is 15.1 Å². The van der Waals surface area contributed by atoms with E-state index >= 15 is 0 Å². The predicted molar refractivity (Wildman–Crippen MR) is 90.2 cm³/mol. The van der Waals surface area contributed by atoms with Crippen molar-refractivity contribution in [1.82, 2.24) is 5.43 Å². The minimum atomic E-state index is -0.340. The Hall–Kier alpha value is -0.970. The second kappa shape index (κ2) is 8.04. The van der Waals surface area contributed by atoms with Crippen LogP contribution in [0.3, 0.4) is 0 Å². The van der Waals surface area contributed by atoms with Crippen molar-refractivity contribution in [1.29, 1.82) is 0 Å². The van der Waals surface area contributed by atoms with Gasteiger partial charge in [0.15, 0.2) is 6.61 Å². The number of halogens is 3. The van der Waals surface area contributed by atoms with E-state index in [0.717, 1.165) is 37.3 Å². The van der Waals surface area contributed by atoms with Crippen LogP contribution < -0.4 is 10.2 Å². The summed E-state index contributed by atoms with van der Waals surface area (Å²) in [5.41, 5.74) is 3.53. The van der Waals surface area contributed by atoms with Crippen LogP contribution >= 0.6 is 34.8 Å². The number of hydrogen-bond donors (Lipinski definition) is 1. The molecule has 1 saturated carbocycles. The fourth-order valence-electron chi connectivity index (χ4n) is 2.14. The molecule has 1 N–H and O–H groups in total. The van der Waals surface area contributed by atoms with E-state index in [1.165, 1.54) is 12.1 Å². The summed E-state index contributed by atoms with van der Waals surface area (Å²) < 4.78 is 5.34. The van der Waals surface area contributed by atoms with Crippen molar-refractivity contribution in [3.8, 4) is 5.75 Å². The van der Waals surface area contributed by atoms with E-state index in [1.807, 2.05) is 0 Å². The summed E-state index contributed by atoms with van der Waals surface area (Å²) in [6.45, 7) is 2.04. The molecule has 0 bridgehead atoms. The van der Waals surface area contributed by atoms with Crippen LogP contribution in [0.15, 0.2) is 17.2 Å². The first-order valence-corrected chi connectivity index (χ1v) is 8.20. The smallest absolute Gasteiger partial charge is 0.277 e.